The van der Waals surface area contributed by atoms with Crippen molar-refractivity contribution in [3.63, 3.8) is 0 Å². The molecule has 2 rings (SSSR count). The van der Waals surface area contributed by atoms with Crippen molar-refractivity contribution in [2.24, 2.45) is 0 Å². The number of amides is 1. The predicted molar refractivity (Wildman–Crippen MR) is 106 cm³/mol. The molecular weight excluding hydrogens is 342 g/mol. The average molecular weight is 369 g/mol. The maximum atomic E-state index is 12.5. The summed E-state index contributed by atoms with van der Waals surface area (Å²) in [6.45, 7) is 8.05. The topological polar surface area (TPSA) is 64.6 Å². The summed E-state index contributed by atoms with van der Waals surface area (Å²) in [7, 11) is 0. The number of ether oxygens (including phenoxy) is 2. The van der Waals surface area contributed by atoms with E-state index in [1.54, 1.807) is 31.2 Å². The summed E-state index contributed by atoms with van der Waals surface area (Å²) in [6, 6.07) is 14.5. The highest BCUT2D eigenvalue weighted by atomic mass is 16.5. The Bertz CT molecular complexity index is 787. The Labute approximate surface area is 160 Å². The van der Waals surface area contributed by atoms with Crippen LogP contribution in [0, 0.1) is 0 Å². The number of hydrogen-bond donors (Lipinski definition) is 1. The van der Waals surface area contributed by atoms with Crippen molar-refractivity contribution in [2.75, 3.05) is 11.9 Å². The van der Waals surface area contributed by atoms with E-state index in [4.69, 9.17) is 9.47 Å². The van der Waals surface area contributed by atoms with E-state index in [9.17, 15) is 9.59 Å². The van der Waals surface area contributed by atoms with Gasteiger partial charge in [-0.3, -0.25) is 4.79 Å². The minimum atomic E-state index is -0.933. The normalized spacial score (nSPS) is 12.7. The Balaban J connectivity index is 2.08. The molecule has 2 aromatic carbocycles. The third-order valence-corrected chi connectivity index (χ3v) is 4.42. The lowest BCUT2D eigenvalue weighted by molar-refractivity contribution is -0.123. The number of hydrogen-bond acceptors (Lipinski definition) is 4. The predicted octanol–water partition coefficient (Wildman–Crippen LogP) is 4.78. The molecule has 0 saturated heterocycles. The SMILES string of the molecule is CCOc1ccccc1C(=O)O[C@@H](C)C(=O)Nc1ccccc1[C@H](C)CC. The first-order valence-corrected chi connectivity index (χ1v) is 9.30. The summed E-state index contributed by atoms with van der Waals surface area (Å²) in [5.41, 5.74) is 2.11. The molecule has 0 aliphatic carbocycles. The summed E-state index contributed by atoms with van der Waals surface area (Å²) >= 11 is 0. The maximum Gasteiger partial charge on any atom is 0.342 e. The third kappa shape index (κ3) is 5.33. The number of carbonyl (C=O) groups excluding carboxylic acids is 2. The molecule has 1 amide bonds. The zero-order valence-corrected chi connectivity index (χ0v) is 16.3. The summed E-state index contributed by atoms with van der Waals surface area (Å²) in [5, 5.41) is 2.87. The van der Waals surface area contributed by atoms with Gasteiger partial charge >= 0.3 is 5.97 Å². The van der Waals surface area contributed by atoms with Crippen LogP contribution >= 0.6 is 0 Å². The Morgan fingerprint density at radius 1 is 1.00 bits per heavy atom. The lowest BCUT2D eigenvalue weighted by Crippen LogP contribution is -2.30. The van der Waals surface area contributed by atoms with Gasteiger partial charge in [-0.2, -0.15) is 0 Å². The van der Waals surface area contributed by atoms with E-state index in [0.717, 1.165) is 17.7 Å². The summed E-state index contributed by atoms with van der Waals surface area (Å²) in [4.78, 5) is 25.0. The van der Waals surface area contributed by atoms with Crippen molar-refractivity contribution in [2.45, 2.75) is 46.1 Å². The zero-order chi connectivity index (χ0) is 19.8. The third-order valence-electron chi connectivity index (χ3n) is 4.42. The van der Waals surface area contributed by atoms with Crippen LogP contribution in [0.25, 0.3) is 0 Å². The largest absolute Gasteiger partial charge is 0.493 e. The van der Waals surface area contributed by atoms with Crippen LogP contribution < -0.4 is 10.1 Å². The number of nitrogens with one attached hydrogen (secondary N) is 1. The van der Waals surface area contributed by atoms with Gasteiger partial charge in [-0.05, 0) is 49.9 Å². The molecule has 144 valence electrons. The van der Waals surface area contributed by atoms with E-state index >= 15 is 0 Å². The van der Waals surface area contributed by atoms with Crippen LogP contribution in [0.1, 0.15) is 56.0 Å². The molecule has 0 bridgehead atoms. The van der Waals surface area contributed by atoms with Crippen molar-refractivity contribution in [1.29, 1.82) is 0 Å². The molecule has 2 aromatic rings. The second-order valence-corrected chi connectivity index (χ2v) is 6.36. The van der Waals surface area contributed by atoms with Crippen LogP contribution in [0.5, 0.6) is 5.75 Å². The van der Waals surface area contributed by atoms with E-state index in [1.807, 2.05) is 31.2 Å². The fourth-order valence-corrected chi connectivity index (χ4v) is 2.69. The molecule has 5 heteroatoms. The van der Waals surface area contributed by atoms with Crippen LogP contribution in [0.15, 0.2) is 48.5 Å². The van der Waals surface area contributed by atoms with Gasteiger partial charge < -0.3 is 14.8 Å². The van der Waals surface area contributed by atoms with Gasteiger partial charge in [0.15, 0.2) is 6.10 Å². The fraction of sp³-hybridized carbons (Fsp3) is 0.364. The number of esters is 1. The summed E-state index contributed by atoms with van der Waals surface area (Å²) in [6.07, 6.45) is 0.0307. The lowest BCUT2D eigenvalue weighted by Gasteiger charge is -2.18. The molecule has 0 saturated carbocycles. The molecular formula is C22H27NO4. The van der Waals surface area contributed by atoms with Crippen molar-refractivity contribution in [3.8, 4) is 5.75 Å². The molecule has 27 heavy (non-hydrogen) atoms. The van der Waals surface area contributed by atoms with E-state index in [2.05, 4.69) is 19.2 Å². The van der Waals surface area contributed by atoms with Gasteiger partial charge in [-0.1, -0.05) is 44.2 Å². The van der Waals surface area contributed by atoms with Crippen molar-refractivity contribution < 1.29 is 19.1 Å². The van der Waals surface area contributed by atoms with Gasteiger partial charge in [0.05, 0.1) is 6.61 Å². The minimum Gasteiger partial charge on any atom is -0.493 e. The second-order valence-electron chi connectivity index (χ2n) is 6.36. The van der Waals surface area contributed by atoms with E-state index < -0.39 is 12.1 Å². The minimum absolute atomic E-state index is 0.305. The monoisotopic (exact) mass is 369 g/mol. The highest BCUT2D eigenvalue weighted by Gasteiger charge is 2.22. The van der Waals surface area contributed by atoms with Crippen molar-refractivity contribution >= 4 is 17.6 Å². The maximum absolute atomic E-state index is 12.5. The Morgan fingerprint density at radius 2 is 1.67 bits per heavy atom. The van der Waals surface area contributed by atoms with Crippen molar-refractivity contribution in [1.82, 2.24) is 0 Å². The Hall–Kier alpha value is -2.82. The number of para-hydroxylation sites is 2. The zero-order valence-electron chi connectivity index (χ0n) is 16.3. The second kappa shape index (κ2) is 9.76. The van der Waals surface area contributed by atoms with Crippen LogP contribution in [-0.4, -0.2) is 24.6 Å². The van der Waals surface area contributed by atoms with Gasteiger partial charge in [-0.25, -0.2) is 4.79 Å². The van der Waals surface area contributed by atoms with Gasteiger partial charge in [0.1, 0.15) is 11.3 Å². The van der Waals surface area contributed by atoms with E-state index in [-0.39, 0.29) is 5.91 Å². The summed E-state index contributed by atoms with van der Waals surface area (Å²) < 4.78 is 10.8. The molecule has 0 fully saturated rings. The number of rotatable bonds is 8. The molecule has 0 unspecified atom stereocenters. The molecule has 5 nitrogen and oxygen atoms in total. The fourth-order valence-electron chi connectivity index (χ4n) is 2.69. The molecule has 0 aromatic heterocycles. The molecule has 0 aliphatic heterocycles. The molecule has 0 aliphatic rings. The Morgan fingerprint density at radius 3 is 2.37 bits per heavy atom. The number of benzene rings is 2. The first-order chi connectivity index (χ1) is 13.0. The Kier molecular flexibility index (Phi) is 7.41. The number of anilines is 1. The van der Waals surface area contributed by atoms with Gasteiger partial charge in [0.2, 0.25) is 0 Å². The standard InChI is InChI=1S/C22H27NO4/c1-5-15(3)17-11-7-9-13-19(17)23-21(24)16(4)27-22(25)18-12-8-10-14-20(18)26-6-2/h7-16H,5-6H2,1-4H3,(H,23,24)/t15-,16+/m1/s1. The first kappa shape index (κ1) is 20.5. The van der Waals surface area contributed by atoms with Crippen LogP contribution in [0.2, 0.25) is 0 Å². The first-order valence-electron chi connectivity index (χ1n) is 9.30. The number of carbonyl (C=O) groups is 2. The van der Waals surface area contributed by atoms with Crippen LogP contribution in [0.3, 0.4) is 0 Å². The quantitative estimate of drug-likeness (QED) is 0.680. The summed E-state index contributed by atoms with van der Waals surface area (Å²) in [5.74, 6) is -0.193. The van der Waals surface area contributed by atoms with Gasteiger partial charge in [0, 0.05) is 5.69 Å². The highest BCUT2D eigenvalue weighted by molar-refractivity contribution is 5.98. The van der Waals surface area contributed by atoms with Gasteiger partial charge in [-0.15, -0.1) is 0 Å². The van der Waals surface area contributed by atoms with Crippen LogP contribution in [0.4, 0.5) is 5.69 Å². The molecule has 1 N–H and O–H groups in total. The highest BCUT2D eigenvalue weighted by Crippen LogP contribution is 2.27. The smallest absolute Gasteiger partial charge is 0.342 e. The average Bonchev–Trinajstić information content (AvgIpc) is 2.68. The van der Waals surface area contributed by atoms with Crippen LogP contribution in [-0.2, 0) is 9.53 Å². The molecule has 0 radical (unpaired) electrons. The molecule has 0 heterocycles. The van der Waals surface area contributed by atoms with Gasteiger partial charge in [0.25, 0.3) is 5.91 Å². The molecule has 0 spiro atoms. The van der Waals surface area contributed by atoms with E-state index in [0.29, 0.717) is 23.8 Å². The molecule has 2 atom stereocenters. The van der Waals surface area contributed by atoms with Crippen molar-refractivity contribution in [3.05, 3.63) is 59.7 Å². The van der Waals surface area contributed by atoms with E-state index in [1.165, 1.54) is 0 Å². The lowest BCUT2D eigenvalue weighted by atomic mass is 9.97.